The average molecular weight is 352 g/mol. The van der Waals surface area contributed by atoms with Crippen molar-refractivity contribution in [1.82, 2.24) is 0 Å². The monoisotopic (exact) mass is 352 g/mol. The van der Waals surface area contributed by atoms with E-state index >= 15 is 0 Å². The molecular weight excluding hydrogens is 328 g/mol. The first kappa shape index (κ1) is 18.0. The fraction of sp³-hybridized carbons (Fsp3) is 0.333. The maximum absolute atomic E-state index is 12.6. The van der Waals surface area contributed by atoms with Crippen molar-refractivity contribution < 1.29 is 14.3 Å². The Balaban J connectivity index is 1.66. The van der Waals surface area contributed by atoms with Crippen LogP contribution in [0, 0.1) is 12.8 Å². The van der Waals surface area contributed by atoms with Gasteiger partial charge in [0, 0.05) is 24.3 Å². The molecule has 26 heavy (non-hydrogen) atoms. The van der Waals surface area contributed by atoms with E-state index in [1.54, 1.807) is 4.90 Å². The minimum atomic E-state index is -0.353. The van der Waals surface area contributed by atoms with Gasteiger partial charge in [0.05, 0.1) is 12.0 Å². The van der Waals surface area contributed by atoms with Gasteiger partial charge in [0.1, 0.15) is 5.75 Å². The number of para-hydroxylation sites is 1. The van der Waals surface area contributed by atoms with Gasteiger partial charge in [0.15, 0.2) is 0 Å². The smallest absolute Gasteiger partial charge is 0.229 e. The molecule has 0 aromatic heterocycles. The van der Waals surface area contributed by atoms with Crippen LogP contribution in [0.15, 0.2) is 48.5 Å². The van der Waals surface area contributed by atoms with Crippen molar-refractivity contribution in [3.05, 3.63) is 54.1 Å². The summed E-state index contributed by atoms with van der Waals surface area (Å²) in [4.78, 5) is 26.6. The van der Waals surface area contributed by atoms with E-state index in [-0.39, 0.29) is 30.3 Å². The standard InChI is InChI=1S/C21H24N2O3/c1-14(2)26-18-10-8-17(9-11-18)23-13-16(12-20(23)24)21(25)22-19-7-5-4-6-15(19)3/h4-11,14,16H,12-13H2,1-3H3,(H,22,25). The van der Waals surface area contributed by atoms with Crippen molar-refractivity contribution in [2.24, 2.45) is 5.92 Å². The zero-order valence-corrected chi connectivity index (χ0v) is 15.4. The van der Waals surface area contributed by atoms with Crippen molar-refractivity contribution >= 4 is 23.2 Å². The summed E-state index contributed by atoms with van der Waals surface area (Å²) in [6, 6.07) is 15.0. The summed E-state index contributed by atoms with van der Waals surface area (Å²) in [6.45, 7) is 6.27. The zero-order valence-electron chi connectivity index (χ0n) is 15.4. The molecule has 2 aromatic rings. The Morgan fingerprint density at radius 2 is 1.85 bits per heavy atom. The molecular formula is C21H24N2O3. The van der Waals surface area contributed by atoms with Crippen LogP contribution in [0.2, 0.25) is 0 Å². The normalized spacial score (nSPS) is 16.8. The van der Waals surface area contributed by atoms with E-state index in [9.17, 15) is 9.59 Å². The number of amides is 2. The molecule has 5 nitrogen and oxygen atoms in total. The Morgan fingerprint density at radius 1 is 1.15 bits per heavy atom. The van der Waals surface area contributed by atoms with Crippen LogP contribution in [0.5, 0.6) is 5.75 Å². The number of nitrogens with one attached hydrogen (secondary N) is 1. The third-order valence-corrected chi connectivity index (χ3v) is 4.42. The van der Waals surface area contributed by atoms with Crippen molar-refractivity contribution in [1.29, 1.82) is 0 Å². The van der Waals surface area contributed by atoms with Gasteiger partial charge in [-0.2, -0.15) is 0 Å². The van der Waals surface area contributed by atoms with Gasteiger partial charge >= 0.3 is 0 Å². The van der Waals surface area contributed by atoms with Gasteiger partial charge in [-0.25, -0.2) is 0 Å². The molecule has 3 rings (SSSR count). The third-order valence-electron chi connectivity index (χ3n) is 4.42. The molecule has 0 bridgehead atoms. The van der Waals surface area contributed by atoms with E-state index in [0.29, 0.717) is 6.54 Å². The van der Waals surface area contributed by atoms with Crippen molar-refractivity contribution in [2.75, 3.05) is 16.8 Å². The lowest BCUT2D eigenvalue weighted by Crippen LogP contribution is -2.28. The van der Waals surface area contributed by atoms with E-state index in [4.69, 9.17) is 4.74 Å². The van der Waals surface area contributed by atoms with Gasteiger partial charge in [-0.3, -0.25) is 9.59 Å². The number of carbonyl (C=O) groups excluding carboxylic acids is 2. The Bertz CT molecular complexity index is 799. The Kier molecular flexibility index (Phi) is 5.26. The fourth-order valence-electron chi connectivity index (χ4n) is 3.06. The summed E-state index contributed by atoms with van der Waals surface area (Å²) >= 11 is 0. The lowest BCUT2D eigenvalue weighted by Gasteiger charge is -2.18. The minimum absolute atomic E-state index is 0.0348. The van der Waals surface area contributed by atoms with Crippen LogP contribution in [0.1, 0.15) is 25.8 Å². The first-order chi connectivity index (χ1) is 12.4. The number of hydrogen-bond donors (Lipinski definition) is 1. The Hall–Kier alpha value is -2.82. The summed E-state index contributed by atoms with van der Waals surface area (Å²) in [7, 11) is 0. The van der Waals surface area contributed by atoms with Crippen LogP contribution >= 0.6 is 0 Å². The molecule has 1 N–H and O–H groups in total. The Morgan fingerprint density at radius 3 is 2.50 bits per heavy atom. The third kappa shape index (κ3) is 4.04. The molecule has 1 unspecified atom stereocenters. The second-order valence-electron chi connectivity index (χ2n) is 6.87. The van der Waals surface area contributed by atoms with Gasteiger partial charge in [-0.05, 0) is 56.7 Å². The van der Waals surface area contributed by atoms with Crippen LogP contribution in [0.4, 0.5) is 11.4 Å². The number of ether oxygens (including phenoxy) is 1. The predicted molar refractivity (Wildman–Crippen MR) is 102 cm³/mol. The summed E-state index contributed by atoms with van der Waals surface area (Å²) in [5.41, 5.74) is 2.58. The topological polar surface area (TPSA) is 58.6 Å². The van der Waals surface area contributed by atoms with Gasteiger partial charge in [0.2, 0.25) is 11.8 Å². The highest BCUT2D eigenvalue weighted by molar-refractivity contribution is 6.03. The van der Waals surface area contributed by atoms with Crippen LogP contribution in [0.25, 0.3) is 0 Å². The summed E-state index contributed by atoms with van der Waals surface area (Å²) in [5.74, 6) is 0.264. The lowest BCUT2D eigenvalue weighted by atomic mass is 10.1. The molecule has 0 radical (unpaired) electrons. The van der Waals surface area contributed by atoms with E-state index in [1.807, 2.05) is 69.3 Å². The summed E-state index contributed by atoms with van der Waals surface area (Å²) in [6.07, 6.45) is 0.325. The van der Waals surface area contributed by atoms with Crippen molar-refractivity contribution in [3.8, 4) is 5.75 Å². The number of benzene rings is 2. The largest absolute Gasteiger partial charge is 0.491 e. The number of carbonyl (C=O) groups is 2. The van der Waals surface area contributed by atoms with Gasteiger partial charge in [-0.1, -0.05) is 18.2 Å². The first-order valence-electron chi connectivity index (χ1n) is 8.87. The second kappa shape index (κ2) is 7.60. The minimum Gasteiger partial charge on any atom is -0.491 e. The van der Waals surface area contributed by atoms with Crippen LogP contribution in [-0.2, 0) is 9.59 Å². The molecule has 1 heterocycles. The van der Waals surface area contributed by atoms with Gasteiger partial charge in [0.25, 0.3) is 0 Å². The number of rotatable bonds is 5. The van der Waals surface area contributed by atoms with Crippen LogP contribution in [-0.4, -0.2) is 24.5 Å². The summed E-state index contributed by atoms with van der Waals surface area (Å²) in [5, 5.41) is 2.94. The predicted octanol–water partition coefficient (Wildman–Crippen LogP) is 3.77. The van der Waals surface area contributed by atoms with E-state index in [2.05, 4.69) is 5.32 Å². The molecule has 0 spiro atoms. The maximum Gasteiger partial charge on any atom is 0.229 e. The molecule has 1 saturated heterocycles. The Labute approximate surface area is 154 Å². The maximum atomic E-state index is 12.6. The summed E-state index contributed by atoms with van der Waals surface area (Å²) < 4.78 is 5.63. The fourth-order valence-corrected chi connectivity index (χ4v) is 3.06. The molecule has 2 aromatic carbocycles. The lowest BCUT2D eigenvalue weighted by molar-refractivity contribution is -0.122. The van der Waals surface area contributed by atoms with Crippen molar-refractivity contribution in [3.63, 3.8) is 0 Å². The number of hydrogen-bond acceptors (Lipinski definition) is 3. The molecule has 1 fully saturated rings. The molecule has 5 heteroatoms. The van der Waals surface area contributed by atoms with Gasteiger partial charge < -0.3 is 15.0 Å². The van der Waals surface area contributed by atoms with E-state index in [0.717, 1.165) is 22.7 Å². The molecule has 136 valence electrons. The number of aryl methyl sites for hydroxylation is 1. The molecule has 0 saturated carbocycles. The van der Waals surface area contributed by atoms with Crippen LogP contribution in [0.3, 0.4) is 0 Å². The SMILES string of the molecule is Cc1ccccc1NC(=O)C1CC(=O)N(c2ccc(OC(C)C)cc2)C1. The molecule has 1 aliphatic rings. The zero-order chi connectivity index (χ0) is 18.7. The second-order valence-corrected chi connectivity index (χ2v) is 6.87. The molecule has 1 aliphatic heterocycles. The van der Waals surface area contributed by atoms with Crippen molar-refractivity contribution in [2.45, 2.75) is 33.3 Å². The molecule has 2 amide bonds. The highest BCUT2D eigenvalue weighted by Gasteiger charge is 2.35. The highest BCUT2D eigenvalue weighted by Crippen LogP contribution is 2.28. The molecule has 1 atom stereocenters. The number of nitrogens with zero attached hydrogens (tertiary/aromatic N) is 1. The number of anilines is 2. The average Bonchev–Trinajstić information content (AvgIpc) is 2.99. The van der Waals surface area contributed by atoms with E-state index < -0.39 is 0 Å². The first-order valence-corrected chi connectivity index (χ1v) is 8.87. The van der Waals surface area contributed by atoms with Crippen LogP contribution < -0.4 is 15.0 Å². The quantitative estimate of drug-likeness (QED) is 0.891. The molecule has 0 aliphatic carbocycles. The van der Waals surface area contributed by atoms with Gasteiger partial charge in [-0.15, -0.1) is 0 Å². The highest BCUT2D eigenvalue weighted by atomic mass is 16.5. The van der Waals surface area contributed by atoms with E-state index in [1.165, 1.54) is 0 Å².